The topological polar surface area (TPSA) is 256 Å². The number of ether oxygens (including phenoxy) is 2. The van der Waals surface area contributed by atoms with Gasteiger partial charge in [0, 0.05) is 145 Å². The van der Waals surface area contributed by atoms with Crippen molar-refractivity contribution >= 4 is 53.4 Å². The van der Waals surface area contributed by atoms with Gasteiger partial charge in [-0.15, -0.1) is 0 Å². The van der Waals surface area contributed by atoms with Crippen molar-refractivity contribution in [3.05, 3.63) is 35.9 Å². The lowest BCUT2D eigenvalue weighted by Gasteiger charge is -2.39. The molecule has 0 radical (unpaired) electrons. The molecule has 1 aromatic carbocycles. The first-order valence-electron chi connectivity index (χ1n) is 58.9. The van der Waals surface area contributed by atoms with Gasteiger partial charge in [0.1, 0.15) is 26.2 Å². The Hall–Kier alpha value is -6.36. The number of aliphatic hydroxyl groups is 1. The summed E-state index contributed by atoms with van der Waals surface area (Å²) >= 11 is 0. The van der Waals surface area contributed by atoms with Crippen LogP contribution in [0.3, 0.4) is 0 Å². The average molecular weight is 2070 g/mol. The summed E-state index contributed by atoms with van der Waals surface area (Å²) in [6.45, 7) is 30.3. The van der Waals surface area contributed by atoms with Crippen molar-refractivity contribution in [3.63, 3.8) is 0 Å². The van der Waals surface area contributed by atoms with E-state index < -0.39 is 24.6 Å². The van der Waals surface area contributed by atoms with E-state index in [1.807, 2.05) is 42.2 Å². The number of halogens is 3. The SMILES string of the molecule is CCC(=O)N1CCC[C@H]1C1CCN(C)CC1.CCCC(=O)N1CCCC1C1CCN(C)CC1.CN1CCC([C@@H]2CCCN2C(=O)C2CC2)CC1.CN1CCC([C@@H]2CCCN2C(=O)C2CCC2)CC1.CN1CCC([C@@H]2CCCN2C(=O)CC(F)(F)F)CC1.CN1CCC([C@@H]2CCCN2C(=O)CCNC(=O)OCc2ccccc2)CC1.CN1CCC([C@@H]2CCCN2C(=O)CO)CC1.COCC(=O)N1CCC[C@H]1C1CCN(C)CC1. The van der Waals surface area contributed by atoms with E-state index >= 15 is 0 Å². The van der Waals surface area contributed by atoms with Crippen molar-refractivity contribution in [2.24, 2.45) is 59.2 Å². The van der Waals surface area contributed by atoms with Gasteiger partial charge in [0.25, 0.3) is 0 Å². The van der Waals surface area contributed by atoms with Crippen LogP contribution in [0, 0.1) is 59.2 Å². The zero-order valence-electron chi connectivity index (χ0n) is 93.0. The van der Waals surface area contributed by atoms with E-state index in [4.69, 9.17) is 14.6 Å². The van der Waals surface area contributed by atoms with Crippen molar-refractivity contribution < 1.29 is 70.9 Å². The molecule has 1 unspecified atom stereocenters. The first-order valence-corrected chi connectivity index (χ1v) is 58.9. The highest BCUT2D eigenvalue weighted by Gasteiger charge is 2.47. The van der Waals surface area contributed by atoms with Gasteiger partial charge in [0.15, 0.2) is 0 Å². The minimum absolute atomic E-state index is 0.0311. The molecule has 32 heteroatoms. The molecule has 2 saturated carbocycles. The van der Waals surface area contributed by atoms with E-state index in [0.29, 0.717) is 127 Å². The molecule has 0 bridgehead atoms. The number of carbonyl (C=O) groups excluding carboxylic acids is 9. The van der Waals surface area contributed by atoms with E-state index in [1.54, 1.807) is 7.11 Å². The number of amides is 9. The smallest absolute Gasteiger partial charge is 0.407 e. The highest BCUT2D eigenvalue weighted by Crippen LogP contribution is 2.43. The standard InChI is InChI=1S/C21H31N3O3.C15H26N2O.C14H24N2O.C14H26N2O.C13H21F3N2O.C13H24N2O2.C13H24N2O.C12H22N2O2/c1-23-14-10-18(11-15-23)19-8-5-13-24(19)20(25)9-12-22-21(26)27-16-17-6-3-2-4-7-17;1-16-10-7-12(8-11-16)14-6-3-9-17(14)15(18)13-4-2-5-13;1-15-9-6-11(7-10-15)13-3-2-8-16(13)14(17)12-4-5-12;1-3-5-14(17)16-9-4-6-13(16)12-7-10-15(2)11-8-12;1-17-7-4-10(5-8-17)11-3-2-6-18(11)12(19)9-13(14,15)16;1-14-8-5-11(6-9-14)12-4-3-7-15(12)13(16)10-17-2;1-3-13(16)15-8-4-5-12(15)11-6-9-14(2)10-7-11;1-13-7-4-10(5-8-13)11-3-2-6-14(11)12(16)9-15/h2-4,6-7,18-19H,5,8-16H2,1H3,(H,22,26);12-14H,2-11H2,1H3;11-13H,2-10H2,1H3;12-13H,3-11H2,1-2H3;10-11H,2-9H2,1H3;11-12H,3-10H2,1-2H3;11-12H,3-10H2,1-2H3;10-11,15H,2-9H2,1H3/t19-;14-;13-;;11-;2*12-;11-/m000.0000/s1. The molecule has 0 aromatic heterocycles. The predicted molar refractivity (Wildman–Crippen MR) is 574 cm³/mol. The Kier molecular flexibility index (Phi) is 49.5. The summed E-state index contributed by atoms with van der Waals surface area (Å²) in [6, 6.07) is 13.1. The number of carbonyl (C=O) groups is 9. The highest BCUT2D eigenvalue weighted by atomic mass is 19.4. The fraction of sp³-hybridized carbons (Fsp3) is 0.870. The minimum Gasteiger partial charge on any atom is -0.445 e. The number of piperidine rings is 8. The van der Waals surface area contributed by atoms with Crippen molar-refractivity contribution in [1.29, 1.82) is 0 Å². The largest absolute Gasteiger partial charge is 0.445 e. The summed E-state index contributed by atoms with van der Waals surface area (Å²) < 4.78 is 47.1. The molecule has 18 aliphatic rings. The van der Waals surface area contributed by atoms with Crippen LogP contribution in [-0.4, -0.2) is 432 Å². The molecule has 2 aliphatic carbocycles. The molecular weight excluding hydrogens is 1870 g/mol. The van der Waals surface area contributed by atoms with Crippen LogP contribution in [0.1, 0.15) is 289 Å². The summed E-state index contributed by atoms with van der Waals surface area (Å²) in [4.78, 5) is 144. The number of nitrogens with one attached hydrogen (secondary N) is 1. The number of benzene rings is 1. The molecule has 18 fully saturated rings. The van der Waals surface area contributed by atoms with Crippen LogP contribution in [0.4, 0.5) is 18.0 Å². The molecule has 2 N–H and O–H groups in total. The Morgan fingerprint density at radius 2 is 0.571 bits per heavy atom. The van der Waals surface area contributed by atoms with Gasteiger partial charge in [-0.1, -0.05) is 50.6 Å². The van der Waals surface area contributed by atoms with Gasteiger partial charge in [-0.2, -0.15) is 13.2 Å². The number of aliphatic hydroxyl groups excluding tert-OH is 1. The highest BCUT2D eigenvalue weighted by molar-refractivity contribution is 5.83. The van der Waals surface area contributed by atoms with Crippen molar-refractivity contribution in [3.8, 4) is 0 Å². The van der Waals surface area contributed by atoms with Gasteiger partial charge in [-0.25, -0.2) is 4.79 Å². The van der Waals surface area contributed by atoms with Crippen molar-refractivity contribution in [2.75, 3.05) is 240 Å². The Labute approximate surface area is 883 Å². The van der Waals surface area contributed by atoms with Crippen LogP contribution in [0.25, 0.3) is 0 Å². The normalized spacial score (nSPS) is 27.6. The van der Waals surface area contributed by atoms with Crippen LogP contribution in [0.5, 0.6) is 0 Å². The molecule has 1 aromatic rings. The maximum absolute atomic E-state index is 12.6. The van der Waals surface area contributed by atoms with Crippen LogP contribution >= 0.6 is 0 Å². The Morgan fingerprint density at radius 1 is 0.313 bits per heavy atom. The van der Waals surface area contributed by atoms with Gasteiger partial charge in [0.2, 0.25) is 47.3 Å². The summed E-state index contributed by atoms with van der Waals surface area (Å²) in [5.41, 5.74) is 0.946. The number of nitrogens with zero attached hydrogens (tertiary/aromatic N) is 16. The third-order valence-electron chi connectivity index (χ3n) is 37.1. The zero-order chi connectivity index (χ0) is 105. The van der Waals surface area contributed by atoms with E-state index in [2.05, 4.69) is 137 Å². The van der Waals surface area contributed by atoms with Crippen LogP contribution in [0.15, 0.2) is 30.3 Å². The number of hydrogen-bond donors (Lipinski definition) is 2. The van der Waals surface area contributed by atoms with Crippen LogP contribution in [0.2, 0.25) is 0 Å². The first kappa shape index (κ1) is 119. The predicted octanol–water partition coefficient (Wildman–Crippen LogP) is 13.9. The fourth-order valence-electron chi connectivity index (χ4n) is 27.7. The van der Waals surface area contributed by atoms with E-state index in [9.17, 15) is 56.3 Å². The lowest BCUT2D eigenvalue weighted by atomic mass is 9.83. The van der Waals surface area contributed by atoms with Crippen LogP contribution in [-0.2, 0) is 54.4 Å². The maximum atomic E-state index is 12.6. The molecule has 16 saturated heterocycles. The third-order valence-corrected chi connectivity index (χ3v) is 37.1. The number of alkyl halides is 3. The van der Waals surface area contributed by atoms with Gasteiger partial charge in [-0.3, -0.25) is 38.4 Å². The maximum Gasteiger partial charge on any atom is 0.407 e. The molecular formula is C115H198F3N17O12. The molecule has 16 aliphatic heterocycles. The van der Waals surface area contributed by atoms with E-state index in [0.717, 1.165) is 211 Å². The number of likely N-dealkylation sites (tertiary alicyclic amines) is 16. The number of alkyl carbamates (subject to hydrolysis) is 1. The lowest BCUT2D eigenvalue weighted by molar-refractivity contribution is -0.163. The summed E-state index contributed by atoms with van der Waals surface area (Å²) in [7, 11) is 19.0. The second-order valence-electron chi connectivity index (χ2n) is 47.5. The molecule has 0 spiro atoms. The quantitative estimate of drug-likeness (QED) is 0.109. The molecule has 9 amide bonds. The second-order valence-corrected chi connectivity index (χ2v) is 47.5. The number of rotatable bonds is 22. The van der Waals surface area contributed by atoms with E-state index in [-0.39, 0.29) is 43.6 Å². The summed E-state index contributed by atoms with van der Waals surface area (Å²) in [6.07, 6.45) is 40.2. The number of hydrogen-bond acceptors (Lipinski definition) is 20. The monoisotopic (exact) mass is 2070 g/mol. The molecule has 836 valence electrons. The van der Waals surface area contributed by atoms with Gasteiger partial charge in [0.05, 0.1) is 0 Å². The molecule has 19 rings (SSSR count). The zero-order valence-corrected chi connectivity index (χ0v) is 93.0. The third kappa shape index (κ3) is 36.7. The van der Waals surface area contributed by atoms with Crippen molar-refractivity contribution in [1.82, 2.24) is 83.7 Å². The van der Waals surface area contributed by atoms with E-state index in [1.165, 1.54) is 224 Å². The summed E-state index contributed by atoms with van der Waals surface area (Å²) in [5.74, 6) is 7.43. The number of methoxy groups -OCH3 is 1. The second kappa shape index (κ2) is 61.1. The molecule has 8 atom stereocenters. The lowest BCUT2D eigenvalue weighted by Crippen LogP contribution is -2.47. The Morgan fingerprint density at radius 3 is 0.830 bits per heavy atom. The molecule has 16 heterocycles. The fourth-order valence-corrected chi connectivity index (χ4v) is 27.7. The summed E-state index contributed by atoms with van der Waals surface area (Å²) in [5, 5.41) is 11.6. The first-order chi connectivity index (χ1) is 70.9. The van der Waals surface area contributed by atoms with Gasteiger partial charge in [-0.05, 0) is 452 Å². The van der Waals surface area contributed by atoms with Crippen LogP contribution < -0.4 is 5.32 Å². The minimum atomic E-state index is -4.39. The Bertz CT molecular complexity index is 3960. The molecule has 147 heavy (non-hydrogen) atoms. The van der Waals surface area contributed by atoms with Gasteiger partial charge >= 0.3 is 12.3 Å². The van der Waals surface area contributed by atoms with Crippen molar-refractivity contribution in [2.45, 2.75) is 345 Å². The van der Waals surface area contributed by atoms with Gasteiger partial charge < -0.3 is 98.3 Å². The molecule has 29 nitrogen and oxygen atoms in total. The Balaban J connectivity index is 0.000000150. The average Bonchev–Trinajstić information content (AvgIpc) is 1.68.